The van der Waals surface area contributed by atoms with Crippen molar-refractivity contribution in [2.75, 3.05) is 27.2 Å². The Hall–Kier alpha value is -1.07. The first-order valence-electron chi connectivity index (χ1n) is 5.36. The van der Waals surface area contributed by atoms with E-state index in [9.17, 15) is 0 Å². The normalized spacial score (nSPS) is 12.5. The molecule has 0 aliphatic heterocycles. The Labute approximate surface area is 102 Å². The molecule has 0 aliphatic carbocycles. The molecule has 1 aromatic heterocycles. The van der Waals surface area contributed by atoms with Gasteiger partial charge >= 0.3 is 0 Å². The molecule has 1 heterocycles. The zero-order valence-corrected chi connectivity index (χ0v) is 10.8. The number of nitrogens with zero attached hydrogens (tertiary/aromatic N) is 1. The third-order valence-corrected chi connectivity index (χ3v) is 2.58. The molecule has 1 rings (SSSR count). The smallest absolute Gasteiger partial charge is 0.166 e. The summed E-state index contributed by atoms with van der Waals surface area (Å²) < 4.78 is 5.40. The van der Waals surface area contributed by atoms with Gasteiger partial charge in [-0.3, -0.25) is 4.90 Å². The van der Waals surface area contributed by atoms with Crippen LogP contribution >= 0.6 is 12.2 Å². The molecule has 1 atom stereocenters. The Kier molecular flexibility index (Phi) is 5.28. The second-order valence-corrected chi connectivity index (χ2v) is 4.14. The number of nitrogens with one attached hydrogen (secondary N) is 2. The summed E-state index contributed by atoms with van der Waals surface area (Å²) in [5, 5.41) is 6.91. The number of thiocarbonyl (C=S) groups is 1. The van der Waals surface area contributed by atoms with Gasteiger partial charge in [-0.05, 0) is 45.4 Å². The van der Waals surface area contributed by atoms with Gasteiger partial charge in [0.15, 0.2) is 5.11 Å². The first kappa shape index (κ1) is 13.0. The number of likely N-dealkylation sites (N-methyl/N-ethyl adjacent to an activating group) is 1. The molecule has 0 aromatic carbocycles. The van der Waals surface area contributed by atoms with Crippen molar-refractivity contribution in [2.45, 2.75) is 13.0 Å². The van der Waals surface area contributed by atoms with Crippen LogP contribution in [0.4, 0.5) is 0 Å². The molecule has 90 valence electrons. The Morgan fingerprint density at radius 3 is 2.75 bits per heavy atom. The summed E-state index contributed by atoms with van der Waals surface area (Å²) >= 11 is 5.12. The maximum Gasteiger partial charge on any atom is 0.166 e. The van der Waals surface area contributed by atoms with Crippen molar-refractivity contribution in [1.82, 2.24) is 15.5 Å². The highest BCUT2D eigenvalue weighted by atomic mass is 32.1. The van der Waals surface area contributed by atoms with Crippen molar-refractivity contribution in [3.8, 4) is 0 Å². The van der Waals surface area contributed by atoms with Crippen molar-refractivity contribution in [3.63, 3.8) is 0 Å². The maximum absolute atomic E-state index is 5.40. The topological polar surface area (TPSA) is 40.4 Å². The average molecular weight is 241 g/mol. The Balaban J connectivity index is 2.50. The number of rotatable bonds is 5. The lowest BCUT2D eigenvalue weighted by atomic mass is 10.2. The molecule has 4 nitrogen and oxygen atoms in total. The molecule has 0 spiro atoms. The molecule has 0 unspecified atom stereocenters. The molecule has 0 aliphatic rings. The van der Waals surface area contributed by atoms with E-state index in [1.165, 1.54) is 0 Å². The molecule has 0 saturated heterocycles. The average Bonchev–Trinajstić information content (AvgIpc) is 2.71. The summed E-state index contributed by atoms with van der Waals surface area (Å²) in [7, 11) is 4.04. The molecular weight excluding hydrogens is 222 g/mol. The van der Waals surface area contributed by atoms with Gasteiger partial charge in [-0.2, -0.15) is 0 Å². The Morgan fingerprint density at radius 2 is 2.25 bits per heavy atom. The van der Waals surface area contributed by atoms with E-state index in [1.54, 1.807) is 6.26 Å². The van der Waals surface area contributed by atoms with Crippen LogP contribution in [0.15, 0.2) is 22.8 Å². The van der Waals surface area contributed by atoms with Gasteiger partial charge in [0.2, 0.25) is 0 Å². The van der Waals surface area contributed by atoms with Crippen LogP contribution in [0.2, 0.25) is 0 Å². The van der Waals surface area contributed by atoms with Gasteiger partial charge < -0.3 is 15.1 Å². The molecule has 0 fully saturated rings. The Morgan fingerprint density at radius 1 is 1.50 bits per heavy atom. The lowest BCUT2D eigenvalue weighted by molar-refractivity contribution is 0.258. The summed E-state index contributed by atoms with van der Waals surface area (Å²) in [4.78, 5) is 2.10. The summed E-state index contributed by atoms with van der Waals surface area (Å²) in [6.07, 6.45) is 1.69. The first-order valence-corrected chi connectivity index (χ1v) is 5.77. The van der Waals surface area contributed by atoms with E-state index in [4.69, 9.17) is 16.6 Å². The molecule has 0 amide bonds. The lowest BCUT2D eigenvalue weighted by Crippen LogP contribution is -2.40. The van der Waals surface area contributed by atoms with Crippen LogP contribution in [0.25, 0.3) is 0 Å². The second kappa shape index (κ2) is 6.50. The van der Waals surface area contributed by atoms with Gasteiger partial charge in [0.1, 0.15) is 5.76 Å². The fraction of sp³-hybridized carbons (Fsp3) is 0.545. The lowest BCUT2D eigenvalue weighted by Gasteiger charge is -2.23. The second-order valence-electron chi connectivity index (χ2n) is 3.74. The van der Waals surface area contributed by atoms with Gasteiger partial charge in [0, 0.05) is 13.1 Å². The predicted molar refractivity (Wildman–Crippen MR) is 69.4 cm³/mol. The summed E-state index contributed by atoms with van der Waals surface area (Å²) in [5.41, 5.74) is 0. The molecule has 0 radical (unpaired) electrons. The highest BCUT2D eigenvalue weighted by Crippen LogP contribution is 2.17. The van der Waals surface area contributed by atoms with E-state index in [1.807, 2.05) is 33.2 Å². The van der Waals surface area contributed by atoms with Crippen molar-refractivity contribution in [1.29, 1.82) is 0 Å². The van der Waals surface area contributed by atoms with E-state index in [0.29, 0.717) is 5.11 Å². The van der Waals surface area contributed by atoms with Crippen molar-refractivity contribution in [3.05, 3.63) is 24.2 Å². The SMILES string of the molecule is CCNC(=S)NC[C@H](c1ccco1)N(C)C. The van der Waals surface area contributed by atoms with Crippen LogP contribution in [0.1, 0.15) is 18.7 Å². The number of hydrogen-bond acceptors (Lipinski definition) is 3. The molecule has 1 aromatic rings. The van der Waals surface area contributed by atoms with E-state index >= 15 is 0 Å². The largest absolute Gasteiger partial charge is 0.468 e. The van der Waals surface area contributed by atoms with Crippen molar-refractivity contribution in [2.24, 2.45) is 0 Å². The third kappa shape index (κ3) is 3.83. The highest BCUT2D eigenvalue weighted by Gasteiger charge is 2.16. The van der Waals surface area contributed by atoms with Gasteiger partial charge in [0.05, 0.1) is 12.3 Å². The minimum absolute atomic E-state index is 0.187. The van der Waals surface area contributed by atoms with E-state index in [2.05, 4.69) is 15.5 Å². The van der Waals surface area contributed by atoms with E-state index < -0.39 is 0 Å². The first-order chi connectivity index (χ1) is 7.65. The zero-order chi connectivity index (χ0) is 12.0. The Bertz CT molecular complexity index is 311. The van der Waals surface area contributed by atoms with Crippen molar-refractivity contribution < 1.29 is 4.42 Å². The standard InChI is InChI=1S/C11H19N3OS/c1-4-12-11(16)13-8-9(14(2)3)10-6-5-7-15-10/h5-7,9H,4,8H2,1-3H3,(H2,12,13,16)/t9-/m1/s1. The summed E-state index contributed by atoms with van der Waals surface area (Å²) in [6.45, 7) is 3.58. The van der Waals surface area contributed by atoms with Gasteiger partial charge in [0.25, 0.3) is 0 Å². The van der Waals surface area contributed by atoms with Crippen LogP contribution in [-0.4, -0.2) is 37.2 Å². The van der Waals surface area contributed by atoms with Crippen LogP contribution in [-0.2, 0) is 0 Å². The van der Waals surface area contributed by atoms with Crippen LogP contribution in [0.3, 0.4) is 0 Å². The maximum atomic E-state index is 5.40. The van der Waals surface area contributed by atoms with E-state index in [-0.39, 0.29) is 6.04 Å². The van der Waals surface area contributed by atoms with Crippen LogP contribution < -0.4 is 10.6 Å². The monoisotopic (exact) mass is 241 g/mol. The van der Waals surface area contributed by atoms with Gasteiger partial charge in [-0.25, -0.2) is 0 Å². The number of hydrogen-bond donors (Lipinski definition) is 2. The highest BCUT2D eigenvalue weighted by molar-refractivity contribution is 7.80. The molecule has 16 heavy (non-hydrogen) atoms. The predicted octanol–water partition coefficient (Wildman–Crippen LogP) is 1.37. The summed E-state index contributed by atoms with van der Waals surface area (Å²) in [6, 6.07) is 4.06. The molecule has 5 heteroatoms. The zero-order valence-electron chi connectivity index (χ0n) is 9.99. The third-order valence-electron chi connectivity index (χ3n) is 2.29. The minimum atomic E-state index is 0.187. The summed E-state index contributed by atoms with van der Waals surface area (Å²) in [5.74, 6) is 0.941. The van der Waals surface area contributed by atoms with Crippen LogP contribution in [0, 0.1) is 0 Å². The fourth-order valence-corrected chi connectivity index (χ4v) is 1.66. The molecular formula is C11H19N3OS. The van der Waals surface area contributed by atoms with Gasteiger partial charge in [-0.1, -0.05) is 0 Å². The quantitative estimate of drug-likeness (QED) is 0.762. The molecule has 0 bridgehead atoms. The van der Waals surface area contributed by atoms with Gasteiger partial charge in [-0.15, -0.1) is 0 Å². The van der Waals surface area contributed by atoms with E-state index in [0.717, 1.165) is 18.8 Å². The molecule has 2 N–H and O–H groups in total. The van der Waals surface area contributed by atoms with Crippen LogP contribution in [0.5, 0.6) is 0 Å². The van der Waals surface area contributed by atoms with Crippen molar-refractivity contribution >= 4 is 17.3 Å². The fourth-order valence-electron chi connectivity index (χ4n) is 1.43. The number of furan rings is 1. The minimum Gasteiger partial charge on any atom is -0.468 e. The molecule has 0 saturated carbocycles.